The second kappa shape index (κ2) is 5.83. The van der Waals surface area contributed by atoms with Crippen molar-refractivity contribution >= 4 is 10.8 Å². The zero-order valence-electron chi connectivity index (χ0n) is 11.2. The lowest BCUT2D eigenvalue weighted by Crippen LogP contribution is -2.27. The number of fused-ring (bicyclic) bond motifs is 1. The molecule has 0 saturated heterocycles. The molecular formula is C17H21N. The zero-order chi connectivity index (χ0) is 13.0. The summed E-state index contributed by atoms with van der Waals surface area (Å²) in [5, 5.41) is 6.07. The van der Waals surface area contributed by atoms with Gasteiger partial charge >= 0.3 is 0 Å². The summed E-state index contributed by atoms with van der Waals surface area (Å²) in [4.78, 5) is 0. The molecule has 0 saturated carbocycles. The first kappa shape index (κ1) is 12.8. The van der Waals surface area contributed by atoms with Crippen LogP contribution in [-0.2, 0) is 6.42 Å². The fourth-order valence-corrected chi connectivity index (χ4v) is 2.43. The highest BCUT2D eigenvalue weighted by Crippen LogP contribution is 2.20. The topological polar surface area (TPSA) is 12.0 Å². The molecule has 0 bridgehead atoms. The van der Waals surface area contributed by atoms with Gasteiger partial charge < -0.3 is 5.32 Å². The summed E-state index contributed by atoms with van der Waals surface area (Å²) in [7, 11) is 2.03. The van der Waals surface area contributed by atoms with Gasteiger partial charge in [-0.3, -0.25) is 0 Å². The van der Waals surface area contributed by atoms with Crippen molar-refractivity contribution in [2.45, 2.75) is 25.8 Å². The van der Waals surface area contributed by atoms with Gasteiger partial charge in [-0.05, 0) is 43.1 Å². The third-order valence-electron chi connectivity index (χ3n) is 3.35. The van der Waals surface area contributed by atoms with E-state index in [1.165, 1.54) is 21.9 Å². The smallest absolute Gasteiger partial charge is 0.0142 e. The molecule has 0 spiro atoms. The van der Waals surface area contributed by atoms with E-state index in [2.05, 4.69) is 61.3 Å². The van der Waals surface area contributed by atoms with E-state index in [9.17, 15) is 0 Å². The quantitative estimate of drug-likeness (QED) is 0.779. The number of hydrogen-bond acceptors (Lipinski definition) is 1. The fraction of sp³-hybridized carbons (Fsp3) is 0.294. The first-order chi connectivity index (χ1) is 8.70. The van der Waals surface area contributed by atoms with Gasteiger partial charge in [0, 0.05) is 6.04 Å². The molecule has 1 heteroatoms. The van der Waals surface area contributed by atoms with Crippen molar-refractivity contribution in [3.05, 3.63) is 60.2 Å². The fourth-order valence-electron chi connectivity index (χ4n) is 2.43. The number of likely N-dealkylation sites (N-methyl/N-ethyl adjacent to an activating group) is 1. The molecule has 2 rings (SSSR count). The van der Waals surface area contributed by atoms with Gasteiger partial charge in [-0.1, -0.05) is 48.0 Å². The Kier molecular flexibility index (Phi) is 4.16. The van der Waals surface area contributed by atoms with Crippen LogP contribution in [-0.4, -0.2) is 13.1 Å². The highest BCUT2D eigenvalue weighted by molar-refractivity contribution is 5.85. The first-order valence-electron chi connectivity index (χ1n) is 6.49. The van der Waals surface area contributed by atoms with Crippen molar-refractivity contribution in [1.82, 2.24) is 5.32 Å². The van der Waals surface area contributed by atoms with E-state index in [1.54, 1.807) is 0 Å². The average molecular weight is 239 g/mol. The van der Waals surface area contributed by atoms with Crippen molar-refractivity contribution in [2.24, 2.45) is 0 Å². The maximum atomic E-state index is 4.01. The molecule has 1 unspecified atom stereocenters. The average Bonchev–Trinajstić information content (AvgIpc) is 2.38. The Morgan fingerprint density at radius 1 is 1.17 bits per heavy atom. The van der Waals surface area contributed by atoms with Crippen molar-refractivity contribution < 1.29 is 0 Å². The molecule has 0 aliphatic heterocycles. The van der Waals surface area contributed by atoms with E-state index in [-0.39, 0.29) is 0 Å². The van der Waals surface area contributed by atoms with E-state index in [0.29, 0.717) is 6.04 Å². The predicted molar refractivity (Wildman–Crippen MR) is 79.9 cm³/mol. The molecule has 18 heavy (non-hydrogen) atoms. The van der Waals surface area contributed by atoms with Gasteiger partial charge in [0.05, 0.1) is 0 Å². The largest absolute Gasteiger partial charge is 0.316 e. The van der Waals surface area contributed by atoms with Crippen LogP contribution >= 0.6 is 0 Å². The van der Waals surface area contributed by atoms with Crippen LogP contribution in [0.25, 0.3) is 10.8 Å². The molecule has 2 aromatic rings. The van der Waals surface area contributed by atoms with Gasteiger partial charge in [0.15, 0.2) is 0 Å². The van der Waals surface area contributed by atoms with E-state index < -0.39 is 0 Å². The van der Waals surface area contributed by atoms with Gasteiger partial charge in [-0.15, -0.1) is 6.58 Å². The van der Waals surface area contributed by atoms with Crippen LogP contribution in [0.4, 0.5) is 0 Å². The third-order valence-corrected chi connectivity index (χ3v) is 3.35. The lowest BCUT2D eigenvalue weighted by Gasteiger charge is -2.17. The zero-order valence-corrected chi connectivity index (χ0v) is 11.2. The van der Waals surface area contributed by atoms with Gasteiger partial charge in [-0.2, -0.15) is 0 Å². The molecule has 0 amide bonds. The number of benzene rings is 2. The molecule has 0 radical (unpaired) electrons. The summed E-state index contributed by atoms with van der Waals surface area (Å²) in [5.41, 5.74) is 2.64. The lowest BCUT2D eigenvalue weighted by atomic mass is 9.96. The minimum atomic E-state index is 0.466. The summed E-state index contributed by atoms with van der Waals surface area (Å²) in [6.45, 7) is 6.10. The molecular weight excluding hydrogens is 218 g/mol. The van der Waals surface area contributed by atoms with Gasteiger partial charge in [0.1, 0.15) is 0 Å². The van der Waals surface area contributed by atoms with Crippen LogP contribution in [0.15, 0.2) is 54.6 Å². The maximum Gasteiger partial charge on any atom is 0.0142 e. The van der Waals surface area contributed by atoms with E-state index >= 15 is 0 Å². The van der Waals surface area contributed by atoms with Crippen LogP contribution in [0.1, 0.15) is 18.9 Å². The molecule has 1 N–H and O–H groups in total. The summed E-state index contributed by atoms with van der Waals surface area (Å²) in [6.07, 6.45) is 2.07. The van der Waals surface area contributed by atoms with Gasteiger partial charge in [-0.25, -0.2) is 0 Å². The molecule has 0 aliphatic rings. The summed E-state index contributed by atoms with van der Waals surface area (Å²) < 4.78 is 0. The highest BCUT2D eigenvalue weighted by Gasteiger charge is 2.09. The standard InChI is InChI=1S/C17H21N/c1-13(2)11-16(18-3)12-15-9-6-8-14-7-4-5-10-17(14)15/h4-10,16,18H,1,11-12H2,2-3H3. The number of rotatable bonds is 5. The Hall–Kier alpha value is -1.60. The van der Waals surface area contributed by atoms with Crippen LogP contribution in [0.2, 0.25) is 0 Å². The molecule has 94 valence electrons. The minimum Gasteiger partial charge on any atom is -0.316 e. The summed E-state index contributed by atoms with van der Waals surface area (Å²) >= 11 is 0. The summed E-state index contributed by atoms with van der Waals surface area (Å²) in [6, 6.07) is 15.6. The second-order valence-corrected chi connectivity index (χ2v) is 4.99. The van der Waals surface area contributed by atoms with Crippen molar-refractivity contribution in [1.29, 1.82) is 0 Å². The SMILES string of the molecule is C=C(C)CC(Cc1cccc2ccccc12)NC. The van der Waals surface area contributed by atoms with E-state index in [1.807, 2.05) is 7.05 Å². The van der Waals surface area contributed by atoms with E-state index in [4.69, 9.17) is 0 Å². The Labute approximate surface area is 110 Å². The second-order valence-electron chi connectivity index (χ2n) is 4.99. The number of nitrogens with one attached hydrogen (secondary N) is 1. The first-order valence-corrected chi connectivity index (χ1v) is 6.49. The number of hydrogen-bond donors (Lipinski definition) is 1. The van der Waals surface area contributed by atoms with Crippen molar-refractivity contribution in [2.75, 3.05) is 7.05 Å². The van der Waals surface area contributed by atoms with Crippen LogP contribution in [0.3, 0.4) is 0 Å². The monoisotopic (exact) mass is 239 g/mol. The Bertz CT molecular complexity index is 537. The molecule has 2 aromatic carbocycles. The Balaban J connectivity index is 2.27. The molecule has 1 atom stereocenters. The molecule has 0 fully saturated rings. The van der Waals surface area contributed by atoms with Gasteiger partial charge in [0.2, 0.25) is 0 Å². The third kappa shape index (κ3) is 2.99. The lowest BCUT2D eigenvalue weighted by molar-refractivity contribution is 0.556. The van der Waals surface area contributed by atoms with Crippen LogP contribution in [0.5, 0.6) is 0 Å². The highest BCUT2D eigenvalue weighted by atomic mass is 14.9. The normalized spacial score (nSPS) is 12.6. The van der Waals surface area contributed by atoms with Crippen molar-refractivity contribution in [3.8, 4) is 0 Å². The molecule has 1 nitrogen and oxygen atoms in total. The molecule has 0 aliphatic carbocycles. The Morgan fingerprint density at radius 2 is 1.89 bits per heavy atom. The van der Waals surface area contributed by atoms with Crippen LogP contribution in [0, 0.1) is 0 Å². The molecule has 0 heterocycles. The summed E-state index contributed by atoms with van der Waals surface area (Å²) in [5.74, 6) is 0. The van der Waals surface area contributed by atoms with E-state index in [0.717, 1.165) is 12.8 Å². The molecule has 0 aromatic heterocycles. The predicted octanol–water partition coefficient (Wildman–Crippen LogP) is 3.94. The minimum absolute atomic E-state index is 0.466. The van der Waals surface area contributed by atoms with Crippen LogP contribution < -0.4 is 5.32 Å². The Morgan fingerprint density at radius 3 is 2.61 bits per heavy atom. The van der Waals surface area contributed by atoms with Crippen molar-refractivity contribution in [3.63, 3.8) is 0 Å². The van der Waals surface area contributed by atoms with Gasteiger partial charge in [0.25, 0.3) is 0 Å². The maximum absolute atomic E-state index is 4.01.